The molecule has 0 saturated carbocycles. The molecule has 2 aromatic rings. The third kappa shape index (κ3) is 11.5. The number of thioether (sulfide) groups is 1. The highest BCUT2D eigenvalue weighted by Crippen LogP contribution is 2.60. The summed E-state index contributed by atoms with van der Waals surface area (Å²) in [6.45, 7) is 3.78. The summed E-state index contributed by atoms with van der Waals surface area (Å²) in [5, 5.41) is 3.30. The molecule has 0 aromatic heterocycles. The summed E-state index contributed by atoms with van der Waals surface area (Å²) in [7, 11) is 0. The van der Waals surface area contributed by atoms with E-state index in [1.165, 1.54) is 11.4 Å². The summed E-state index contributed by atoms with van der Waals surface area (Å²) < 4.78 is 22.2. The summed E-state index contributed by atoms with van der Waals surface area (Å²) in [4.78, 5) is 0. The summed E-state index contributed by atoms with van der Waals surface area (Å²) in [6, 6.07) is 20.3. The fraction of sp³-hybridized carbons (Fsp3) is 0.400. The van der Waals surface area contributed by atoms with Gasteiger partial charge in [0.05, 0.1) is 13.2 Å². The molecule has 7 heteroatoms. The molecule has 0 atom stereocenters. The van der Waals surface area contributed by atoms with Crippen molar-refractivity contribution in [2.75, 3.05) is 35.8 Å². The van der Waals surface area contributed by atoms with Crippen LogP contribution >= 0.6 is 29.9 Å². The zero-order valence-electron chi connectivity index (χ0n) is 16.3. The molecule has 0 amide bonds. The normalized spacial score (nSPS) is 10.8. The van der Waals surface area contributed by atoms with Crippen LogP contribution in [-0.2, 0) is 13.6 Å². The molecule has 150 valence electrons. The first-order valence-electron chi connectivity index (χ1n) is 9.12. The van der Waals surface area contributed by atoms with Gasteiger partial charge in [-0.25, -0.2) is 4.57 Å². The lowest BCUT2D eigenvalue weighted by molar-refractivity contribution is 0.237. The number of rotatable bonds is 11. The zero-order valence-corrected chi connectivity index (χ0v) is 18.8. The van der Waals surface area contributed by atoms with Gasteiger partial charge in [-0.15, -0.1) is 0 Å². The monoisotopic (exact) mass is 427 g/mol. The Morgan fingerprint density at radius 3 is 1.70 bits per heavy atom. The van der Waals surface area contributed by atoms with Gasteiger partial charge in [0.2, 0.25) is 0 Å². The van der Waals surface area contributed by atoms with Gasteiger partial charge in [-0.2, -0.15) is 11.8 Å². The van der Waals surface area contributed by atoms with Crippen molar-refractivity contribution >= 4 is 41.3 Å². The van der Waals surface area contributed by atoms with Crippen molar-refractivity contribution in [1.29, 1.82) is 0 Å². The highest BCUT2D eigenvalue weighted by Gasteiger charge is 2.23. The average Bonchev–Trinajstić information content (AvgIpc) is 2.68. The van der Waals surface area contributed by atoms with Crippen LogP contribution in [0.4, 0.5) is 11.4 Å². The smallest absolute Gasteiger partial charge is 0.356 e. The maximum Gasteiger partial charge on any atom is 0.389 e. The summed E-state index contributed by atoms with van der Waals surface area (Å²) in [5.74, 6) is 2.90. The van der Waals surface area contributed by atoms with Gasteiger partial charge in [0.1, 0.15) is 0 Å². The molecule has 0 bridgehead atoms. The van der Waals surface area contributed by atoms with Gasteiger partial charge >= 0.3 is 6.80 Å². The number of hydrogen-bond donors (Lipinski definition) is 1. The second-order valence-electron chi connectivity index (χ2n) is 5.17. The van der Waals surface area contributed by atoms with Gasteiger partial charge in [0, 0.05) is 22.9 Å². The molecule has 0 saturated heterocycles. The van der Waals surface area contributed by atoms with E-state index in [1.807, 2.05) is 86.3 Å². The molecular formula is C20H30NO3PS2. The summed E-state index contributed by atoms with van der Waals surface area (Å²) in [6.07, 6.45) is 0. The van der Waals surface area contributed by atoms with Crippen LogP contribution in [0.15, 0.2) is 60.7 Å². The molecular weight excluding hydrogens is 397 g/mol. The van der Waals surface area contributed by atoms with E-state index in [1.54, 1.807) is 0 Å². The van der Waals surface area contributed by atoms with Gasteiger partial charge in [0.15, 0.2) is 0 Å². The Morgan fingerprint density at radius 2 is 1.30 bits per heavy atom. The first kappa shape index (κ1) is 24.1. The van der Waals surface area contributed by atoms with Crippen LogP contribution in [0, 0.1) is 0 Å². The topological polar surface area (TPSA) is 47.6 Å². The molecule has 2 aromatic carbocycles. The lowest BCUT2D eigenvalue weighted by Crippen LogP contribution is -1.94. The van der Waals surface area contributed by atoms with Crippen molar-refractivity contribution in [2.24, 2.45) is 0 Å². The van der Waals surface area contributed by atoms with Crippen molar-refractivity contribution in [1.82, 2.24) is 0 Å². The van der Waals surface area contributed by atoms with E-state index in [0.717, 1.165) is 28.6 Å². The van der Waals surface area contributed by atoms with Crippen molar-refractivity contribution in [3.05, 3.63) is 60.7 Å². The summed E-state index contributed by atoms with van der Waals surface area (Å²) >= 11 is 3.14. The highest BCUT2D eigenvalue weighted by molar-refractivity contribution is 8.55. The molecule has 2 rings (SSSR count). The molecule has 0 heterocycles. The Morgan fingerprint density at radius 1 is 0.815 bits per heavy atom. The van der Waals surface area contributed by atoms with E-state index in [9.17, 15) is 4.57 Å². The molecule has 0 aliphatic heterocycles. The van der Waals surface area contributed by atoms with Crippen molar-refractivity contribution in [3.63, 3.8) is 0 Å². The van der Waals surface area contributed by atoms with Crippen LogP contribution in [0.1, 0.15) is 20.8 Å². The maximum absolute atomic E-state index is 11.9. The standard InChI is InChI=1S/C12H11N.C8H19O3PS2/c1-3-7-11(8-4-1)13-12-9-5-2-6-10-12;1-4-10-12(9,11-5-2)14-8-7-13-6-3/h1-10,13H;4-8H2,1-3H3. The lowest BCUT2D eigenvalue weighted by atomic mass is 10.3. The Bertz CT molecular complexity index is 597. The second-order valence-corrected chi connectivity index (χ2v) is 10.8. The van der Waals surface area contributed by atoms with E-state index in [0.29, 0.717) is 13.2 Å². The van der Waals surface area contributed by atoms with E-state index in [2.05, 4.69) is 12.2 Å². The molecule has 1 N–H and O–H groups in total. The van der Waals surface area contributed by atoms with Gasteiger partial charge in [0.25, 0.3) is 0 Å². The van der Waals surface area contributed by atoms with E-state index >= 15 is 0 Å². The maximum atomic E-state index is 11.9. The SMILES string of the molecule is CCOP(=O)(OCC)SCCSCC.c1ccc(Nc2ccccc2)cc1. The Labute approximate surface area is 172 Å². The Balaban J connectivity index is 0.000000270. The Hall–Kier alpha value is -0.910. The van der Waals surface area contributed by atoms with Crippen LogP contribution in [-0.4, -0.2) is 30.5 Å². The molecule has 0 radical (unpaired) electrons. The fourth-order valence-corrected chi connectivity index (χ4v) is 6.55. The third-order valence-electron chi connectivity index (χ3n) is 3.09. The van der Waals surface area contributed by atoms with Crippen LogP contribution in [0.5, 0.6) is 0 Å². The minimum absolute atomic E-state index is 0.436. The Kier molecular flexibility index (Phi) is 13.5. The van der Waals surface area contributed by atoms with Gasteiger partial charge in [-0.05, 0) is 55.2 Å². The number of anilines is 2. The van der Waals surface area contributed by atoms with E-state index in [4.69, 9.17) is 9.05 Å². The number of para-hydroxylation sites is 2. The second kappa shape index (κ2) is 15.1. The molecule has 0 aliphatic carbocycles. The fourth-order valence-electron chi connectivity index (χ4n) is 1.99. The number of benzene rings is 2. The van der Waals surface area contributed by atoms with E-state index < -0.39 is 6.80 Å². The van der Waals surface area contributed by atoms with Crippen LogP contribution in [0.25, 0.3) is 0 Å². The zero-order chi connectivity index (χ0) is 19.8. The van der Waals surface area contributed by atoms with Crippen LogP contribution in [0.2, 0.25) is 0 Å². The van der Waals surface area contributed by atoms with Gasteiger partial charge in [-0.1, -0.05) is 43.3 Å². The highest BCUT2D eigenvalue weighted by atomic mass is 32.7. The predicted octanol–water partition coefficient (Wildman–Crippen LogP) is 7.08. The van der Waals surface area contributed by atoms with Gasteiger partial charge < -0.3 is 14.4 Å². The van der Waals surface area contributed by atoms with Gasteiger partial charge in [-0.3, -0.25) is 0 Å². The van der Waals surface area contributed by atoms with E-state index in [-0.39, 0.29) is 0 Å². The lowest BCUT2D eigenvalue weighted by Gasteiger charge is -2.15. The third-order valence-corrected chi connectivity index (χ3v) is 8.23. The first-order chi connectivity index (χ1) is 13.1. The van der Waals surface area contributed by atoms with Crippen molar-refractivity contribution in [3.8, 4) is 0 Å². The van der Waals surface area contributed by atoms with Crippen molar-refractivity contribution in [2.45, 2.75) is 20.8 Å². The molecule has 0 fully saturated rings. The van der Waals surface area contributed by atoms with Crippen LogP contribution in [0.3, 0.4) is 0 Å². The minimum Gasteiger partial charge on any atom is -0.356 e. The first-order valence-corrected chi connectivity index (χ1v) is 13.4. The quantitative estimate of drug-likeness (QED) is 0.305. The number of nitrogens with one attached hydrogen (secondary N) is 1. The minimum atomic E-state index is -2.86. The molecule has 0 spiro atoms. The molecule has 27 heavy (non-hydrogen) atoms. The largest absolute Gasteiger partial charge is 0.389 e. The summed E-state index contributed by atoms with van der Waals surface area (Å²) in [5.41, 5.74) is 2.24. The molecule has 0 aliphatic rings. The average molecular weight is 428 g/mol. The van der Waals surface area contributed by atoms with Crippen molar-refractivity contribution < 1.29 is 13.6 Å². The predicted molar refractivity (Wildman–Crippen MR) is 122 cm³/mol. The molecule has 4 nitrogen and oxygen atoms in total. The number of hydrogen-bond acceptors (Lipinski definition) is 6. The van der Waals surface area contributed by atoms with Crippen LogP contribution < -0.4 is 5.32 Å². The molecule has 0 unspecified atom stereocenters.